The van der Waals surface area contributed by atoms with E-state index in [1.54, 1.807) is 41.9 Å². The molecule has 1 unspecified atom stereocenters. The molecule has 1 atom stereocenters. The summed E-state index contributed by atoms with van der Waals surface area (Å²) in [7, 11) is 3.26. The molecule has 0 saturated carbocycles. The van der Waals surface area contributed by atoms with Gasteiger partial charge in [0.15, 0.2) is 5.54 Å². The fourth-order valence-corrected chi connectivity index (χ4v) is 4.36. The van der Waals surface area contributed by atoms with Crippen molar-refractivity contribution >= 4 is 17.8 Å². The minimum Gasteiger partial charge on any atom is -0.497 e. The topological polar surface area (TPSA) is 106 Å². The summed E-state index contributed by atoms with van der Waals surface area (Å²) in [5, 5.41) is 9.63. The summed E-state index contributed by atoms with van der Waals surface area (Å²) in [4.78, 5) is 40.0. The molecule has 9 nitrogen and oxygen atoms in total. The van der Waals surface area contributed by atoms with E-state index in [0.717, 1.165) is 11.1 Å². The molecule has 3 heterocycles. The second-order valence-electron chi connectivity index (χ2n) is 7.90. The van der Waals surface area contributed by atoms with Crippen LogP contribution in [0.15, 0.2) is 54.6 Å². The number of aromatic nitrogens is 2. The first-order valence-electron chi connectivity index (χ1n) is 10.1. The summed E-state index contributed by atoms with van der Waals surface area (Å²) in [6.45, 7) is 0.292. The quantitative estimate of drug-likeness (QED) is 0.599. The minimum absolute atomic E-state index is 0.0336. The molecule has 0 spiro atoms. The second-order valence-corrected chi connectivity index (χ2v) is 7.90. The Balaban J connectivity index is 1.54. The SMILES string of the molecule is COc1ccc2c(c1)C(=O)N(CC1(c3cc(-c4ccccc4)nn3C)NC(=O)NC1=O)C2. The van der Waals surface area contributed by atoms with Gasteiger partial charge in [0.25, 0.3) is 11.8 Å². The molecule has 2 N–H and O–H groups in total. The third-order valence-corrected chi connectivity index (χ3v) is 5.95. The number of urea groups is 1. The highest BCUT2D eigenvalue weighted by Gasteiger charge is 2.52. The monoisotopic (exact) mass is 431 g/mol. The lowest BCUT2D eigenvalue weighted by molar-refractivity contribution is -0.125. The van der Waals surface area contributed by atoms with Crippen LogP contribution in [-0.2, 0) is 23.9 Å². The Morgan fingerprint density at radius 3 is 2.56 bits per heavy atom. The molecule has 162 valence electrons. The standard InChI is InChI=1S/C23H21N5O4/c1-27-19(11-18(26-27)14-6-4-3-5-7-14)23(21(30)24-22(31)25-23)13-28-12-15-8-9-16(32-2)10-17(15)20(28)29/h3-11H,12-13H2,1-2H3,(H2,24,25,30,31). The lowest BCUT2D eigenvalue weighted by Gasteiger charge is -2.30. The molecule has 0 radical (unpaired) electrons. The van der Waals surface area contributed by atoms with Gasteiger partial charge in [0, 0.05) is 24.7 Å². The van der Waals surface area contributed by atoms with E-state index in [2.05, 4.69) is 15.7 Å². The smallest absolute Gasteiger partial charge is 0.322 e. The van der Waals surface area contributed by atoms with Crippen LogP contribution in [0, 0.1) is 0 Å². The fraction of sp³-hybridized carbons (Fsp3) is 0.217. The average molecular weight is 431 g/mol. The summed E-state index contributed by atoms with van der Waals surface area (Å²) in [6.07, 6.45) is 0. The molecule has 9 heteroatoms. The van der Waals surface area contributed by atoms with Gasteiger partial charge in [-0.2, -0.15) is 5.10 Å². The molecular weight excluding hydrogens is 410 g/mol. The van der Waals surface area contributed by atoms with Crippen molar-refractivity contribution in [1.29, 1.82) is 0 Å². The Morgan fingerprint density at radius 2 is 1.88 bits per heavy atom. The number of imide groups is 1. The molecule has 0 aliphatic carbocycles. The van der Waals surface area contributed by atoms with Crippen LogP contribution >= 0.6 is 0 Å². The van der Waals surface area contributed by atoms with Gasteiger partial charge in [0.2, 0.25) is 0 Å². The van der Waals surface area contributed by atoms with E-state index in [0.29, 0.717) is 29.2 Å². The Bertz CT molecular complexity index is 1250. The van der Waals surface area contributed by atoms with Crippen molar-refractivity contribution in [2.24, 2.45) is 7.05 Å². The molecule has 4 amide bonds. The van der Waals surface area contributed by atoms with E-state index in [-0.39, 0.29) is 12.5 Å². The van der Waals surface area contributed by atoms with Crippen LogP contribution in [0.1, 0.15) is 21.6 Å². The van der Waals surface area contributed by atoms with E-state index in [1.165, 1.54) is 0 Å². The number of methoxy groups -OCH3 is 1. The number of nitrogens with one attached hydrogen (secondary N) is 2. The molecule has 1 fully saturated rings. The molecule has 1 saturated heterocycles. The first kappa shape index (κ1) is 19.8. The van der Waals surface area contributed by atoms with Gasteiger partial charge in [-0.3, -0.25) is 19.6 Å². The highest BCUT2D eigenvalue weighted by Crippen LogP contribution is 2.33. The van der Waals surface area contributed by atoms with Crippen LogP contribution in [-0.4, -0.2) is 46.2 Å². The van der Waals surface area contributed by atoms with Gasteiger partial charge < -0.3 is 15.0 Å². The van der Waals surface area contributed by atoms with Crippen molar-refractivity contribution in [1.82, 2.24) is 25.3 Å². The first-order valence-corrected chi connectivity index (χ1v) is 10.1. The first-order chi connectivity index (χ1) is 15.4. The predicted octanol–water partition coefficient (Wildman–Crippen LogP) is 1.79. The Morgan fingerprint density at radius 1 is 1.09 bits per heavy atom. The van der Waals surface area contributed by atoms with Crippen LogP contribution < -0.4 is 15.4 Å². The summed E-state index contributed by atoms with van der Waals surface area (Å²) in [5.74, 6) is -0.163. The van der Waals surface area contributed by atoms with Crippen LogP contribution in [0.5, 0.6) is 5.75 Å². The maximum Gasteiger partial charge on any atom is 0.322 e. The molecule has 2 aromatic carbocycles. The molecule has 32 heavy (non-hydrogen) atoms. The number of aryl methyl sites for hydroxylation is 1. The van der Waals surface area contributed by atoms with Crippen LogP contribution in [0.2, 0.25) is 0 Å². The highest BCUT2D eigenvalue weighted by atomic mass is 16.5. The van der Waals surface area contributed by atoms with E-state index >= 15 is 0 Å². The number of hydrogen-bond acceptors (Lipinski definition) is 5. The van der Waals surface area contributed by atoms with E-state index in [1.807, 2.05) is 36.4 Å². The van der Waals surface area contributed by atoms with Gasteiger partial charge in [-0.05, 0) is 23.8 Å². The summed E-state index contributed by atoms with van der Waals surface area (Å²) in [5.41, 5.74) is 1.93. The van der Waals surface area contributed by atoms with Crippen molar-refractivity contribution in [3.63, 3.8) is 0 Å². The molecule has 5 rings (SSSR count). The number of nitrogens with zero attached hydrogens (tertiary/aromatic N) is 3. The Hall–Kier alpha value is -4.14. The molecule has 3 aromatic rings. The summed E-state index contributed by atoms with van der Waals surface area (Å²) in [6, 6.07) is 16.0. The fourth-order valence-electron chi connectivity index (χ4n) is 4.36. The molecule has 2 aliphatic heterocycles. The number of carbonyl (C=O) groups excluding carboxylic acids is 3. The van der Waals surface area contributed by atoms with Gasteiger partial charge in [-0.25, -0.2) is 4.79 Å². The lowest BCUT2D eigenvalue weighted by Crippen LogP contribution is -2.53. The number of rotatable bonds is 5. The van der Waals surface area contributed by atoms with Gasteiger partial charge in [-0.1, -0.05) is 36.4 Å². The van der Waals surface area contributed by atoms with Crippen LogP contribution in [0.25, 0.3) is 11.3 Å². The van der Waals surface area contributed by atoms with Crippen molar-refractivity contribution in [3.8, 4) is 17.0 Å². The maximum absolute atomic E-state index is 13.1. The van der Waals surface area contributed by atoms with E-state index in [4.69, 9.17) is 4.74 Å². The van der Waals surface area contributed by atoms with Gasteiger partial charge in [0.1, 0.15) is 5.75 Å². The normalized spacial score (nSPS) is 19.7. The lowest BCUT2D eigenvalue weighted by atomic mass is 9.93. The Labute approximate surface area is 184 Å². The van der Waals surface area contributed by atoms with Gasteiger partial charge in [0.05, 0.1) is 25.0 Å². The summed E-state index contributed by atoms with van der Waals surface area (Å²) >= 11 is 0. The molecule has 2 aliphatic rings. The van der Waals surface area contributed by atoms with Gasteiger partial charge in [-0.15, -0.1) is 0 Å². The number of amides is 4. The number of fused-ring (bicyclic) bond motifs is 1. The third-order valence-electron chi connectivity index (χ3n) is 5.95. The number of ether oxygens (including phenoxy) is 1. The Kier molecular flexibility index (Phi) is 4.47. The average Bonchev–Trinajstić information content (AvgIpc) is 3.42. The molecule has 1 aromatic heterocycles. The van der Waals surface area contributed by atoms with Crippen molar-refractivity contribution in [2.75, 3.05) is 13.7 Å². The zero-order chi connectivity index (χ0) is 22.5. The van der Waals surface area contributed by atoms with Gasteiger partial charge >= 0.3 is 6.03 Å². The van der Waals surface area contributed by atoms with E-state index in [9.17, 15) is 14.4 Å². The summed E-state index contributed by atoms with van der Waals surface area (Å²) < 4.78 is 6.81. The maximum atomic E-state index is 13.1. The number of benzene rings is 2. The molecule has 0 bridgehead atoms. The van der Waals surface area contributed by atoms with Crippen molar-refractivity contribution in [2.45, 2.75) is 12.1 Å². The van der Waals surface area contributed by atoms with Crippen LogP contribution in [0.3, 0.4) is 0 Å². The van der Waals surface area contributed by atoms with Crippen molar-refractivity contribution in [3.05, 3.63) is 71.4 Å². The highest BCUT2D eigenvalue weighted by molar-refractivity contribution is 6.08. The molecular formula is C23H21N5O4. The largest absolute Gasteiger partial charge is 0.497 e. The predicted molar refractivity (Wildman–Crippen MR) is 115 cm³/mol. The second kappa shape index (κ2) is 7.23. The zero-order valence-corrected chi connectivity index (χ0v) is 17.6. The number of hydrogen-bond donors (Lipinski definition) is 2. The number of carbonyl (C=O) groups is 3. The van der Waals surface area contributed by atoms with Crippen molar-refractivity contribution < 1.29 is 19.1 Å². The minimum atomic E-state index is -1.46. The zero-order valence-electron chi connectivity index (χ0n) is 17.6. The van der Waals surface area contributed by atoms with E-state index < -0.39 is 17.5 Å². The third kappa shape index (κ3) is 3.01. The van der Waals surface area contributed by atoms with Crippen LogP contribution in [0.4, 0.5) is 4.79 Å².